The van der Waals surface area contributed by atoms with Crippen molar-refractivity contribution in [2.24, 2.45) is 5.92 Å². The van der Waals surface area contributed by atoms with Gasteiger partial charge in [-0.05, 0) is 49.2 Å². The number of imidazole rings is 1. The first kappa shape index (κ1) is 25.2. The van der Waals surface area contributed by atoms with Gasteiger partial charge in [-0.2, -0.15) is 5.26 Å². The van der Waals surface area contributed by atoms with Crippen molar-refractivity contribution in [3.05, 3.63) is 83.1 Å². The third-order valence-electron chi connectivity index (χ3n) is 5.51. The summed E-state index contributed by atoms with van der Waals surface area (Å²) in [4.78, 5) is 34.5. The van der Waals surface area contributed by atoms with Crippen LogP contribution in [-0.4, -0.2) is 31.1 Å². The van der Waals surface area contributed by atoms with Gasteiger partial charge in [0.1, 0.15) is 35.0 Å². The number of nitrogens with zero attached hydrogens (tertiary/aromatic N) is 5. The van der Waals surface area contributed by atoms with Crippen LogP contribution in [0.2, 0.25) is 0 Å². The molecule has 2 aromatic heterocycles. The molecule has 0 spiro atoms. The molecule has 2 aromatic carbocycles. The number of anilines is 1. The third kappa shape index (κ3) is 5.51. The normalized spacial score (nSPS) is 12.4. The lowest BCUT2D eigenvalue weighted by molar-refractivity contribution is -0.117. The molecule has 0 aliphatic heterocycles. The number of nitrogens with two attached hydrogens (primary N) is 1. The van der Waals surface area contributed by atoms with Crippen LogP contribution in [0.4, 0.5) is 5.82 Å². The molecule has 1 amide bonds. The summed E-state index contributed by atoms with van der Waals surface area (Å²) >= 11 is 0. The number of nitriles is 1. The number of rotatable bonds is 8. The molecule has 37 heavy (non-hydrogen) atoms. The van der Waals surface area contributed by atoms with E-state index in [2.05, 4.69) is 15.3 Å². The molecule has 0 aliphatic carbocycles. The highest BCUT2D eigenvalue weighted by atomic mass is 16.5. The molecule has 0 fully saturated rings. The smallest absolute Gasteiger partial charge is 0.335 e. The van der Waals surface area contributed by atoms with Crippen molar-refractivity contribution in [3.8, 4) is 23.3 Å². The summed E-state index contributed by atoms with van der Waals surface area (Å²) in [7, 11) is 0. The predicted molar refractivity (Wildman–Crippen MR) is 140 cm³/mol. The number of ether oxygens (including phenoxy) is 1. The lowest BCUT2D eigenvalue weighted by atomic mass is 10.1. The molecule has 0 bridgehead atoms. The van der Waals surface area contributed by atoms with E-state index in [0.29, 0.717) is 28.4 Å². The van der Waals surface area contributed by atoms with Gasteiger partial charge in [0.2, 0.25) is 0 Å². The Morgan fingerprint density at radius 2 is 1.78 bits per heavy atom. The van der Waals surface area contributed by atoms with Crippen molar-refractivity contribution in [1.29, 1.82) is 5.26 Å². The van der Waals surface area contributed by atoms with Gasteiger partial charge in [0.25, 0.3) is 5.91 Å². The molecule has 188 valence electrons. The fourth-order valence-corrected chi connectivity index (χ4v) is 3.91. The highest BCUT2D eigenvalue weighted by molar-refractivity contribution is 5.97. The van der Waals surface area contributed by atoms with Gasteiger partial charge < -0.3 is 15.8 Å². The maximum absolute atomic E-state index is 13.6. The van der Waals surface area contributed by atoms with E-state index in [1.54, 1.807) is 37.3 Å². The number of carbonyl (C=O) groups excluding carboxylic acids is 1. The summed E-state index contributed by atoms with van der Waals surface area (Å²) in [6.45, 7) is 5.62. The van der Waals surface area contributed by atoms with Crippen molar-refractivity contribution >= 4 is 22.9 Å². The van der Waals surface area contributed by atoms with Gasteiger partial charge in [0, 0.05) is 12.6 Å². The monoisotopic (exact) mass is 497 g/mol. The van der Waals surface area contributed by atoms with Gasteiger partial charge in [0.05, 0.1) is 5.69 Å². The van der Waals surface area contributed by atoms with Crippen LogP contribution in [0.3, 0.4) is 0 Å². The quantitative estimate of drug-likeness (QED) is 0.280. The molecule has 10 heteroatoms. The van der Waals surface area contributed by atoms with Gasteiger partial charge in [-0.25, -0.2) is 14.8 Å². The number of nitrogen functional groups attached to an aromatic ring is 1. The van der Waals surface area contributed by atoms with Crippen molar-refractivity contribution in [2.45, 2.75) is 33.4 Å². The minimum atomic E-state index is -0.497. The van der Waals surface area contributed by atoms with Gasteiger partial charge >= 0.3 is 5.69 Å². The first-order valence-corrected chi connectivity index (χ1v) is 11.8. The zero-order chi connectivity index (χ0) is 26.5. The third-order valence-corrected chi connectivity index (χ3v) is 5.51. The van der Waals surface area contributed by atoms with Crippen LogP contribution in [0.15, 0.2) is 77.4 Å². The summed E-state index contributed by atoms with van der Waals surface area (Å²) < 4.78 is 8.72. The number of para-hydroxylation sites is 1. The second-order valence-corrected chi connectivity index (χ2v) is 8.88. The first-order valence-electron chi connectivity index (χ1n) is 11.8. The topological polar surface area (TPSA) is 141 Å². The molecule has 4 rings (SSSR count). The van der Waals surface area contributed by atoms with Gasteiger partial charge in [0.15, 0.2) is 11.5 Å². The van der Waals surface area contributed by atoms with Crippen molar-refractivity contribution in [3.63, 3.8) is 0 Å². The minimum Gasteiger partial charge on any atom is -0.457 e. The molecule has 10 nitrogen and oxygen atoms in total. The van der Waals surface area contributed by atoms with Crippen molar-refractivity contribution in [1.82, 2.24) is 24.4 Å². The maximum atomic E-state index is 13.6. The molecule has 0 saturated heterocycles. The maximum Gasteiger partial charge on any atom is 0.335 e. The number of amides is 1. The Bertz CT molecular complexity index is 1550. The van der Waals surface area contributed by atoms with Crippen LogP contribution in [0.1, 0.15) is 20.8 Å². The number of carbonyl (C=O) groups is 1. The molecule has 0 unspecified atom stereocenters. The first-order chi connectivity index (χ1) is 17.8. The van der Waals surface area contributed by atoms with E-state index in [9.17, 15) is 14.9 Å². The SMILES string of the molecule is CC(C)C=C(C#N)C(=O)N[C@@H](C)Cn1c(=O)n(-c2ccc(Oc3ccccc3)cc2)c2c(N)ncnc21. The number of aromatic nitrogens is 4. The molecular weight excluding hydrogens is 470 g/mol. The number of allylic oxidation sites excluding steroid dienone is 1. The standard InChI is InChI=1S/C27H27N7O3/c1-17(2)13-19(14-28)26(35)32-18(3)15-33-25-23(24(29)30-16-31-25)34(27(33)36)20-9-11-22(12-10-20)37-21-7-5-4-6-8-21/h4-13,16-18H,15H2,1-3H3,(H,32,35)(H2,29,30,31)/t18-/m0/s1. The van der Waals surface area contributed by atoms with Crippen LogP contribution in [-0.2, 0) is 11.3 Å². The van der Waals surface area contributed by atoms with E-state index >= 15 is 0 Å². The molecule has 4 aromatic rings. The summed E-state index contributed by atoms with van der Waals surface area (Å²) in [5, 5.41) is 12.1. The molecule has 0 saturated carbocycles. The van der Waals surface area contributed by atoms with E-state index in [0.717, 1.165) is 0 Å². The lowest BCUT2D eigenvalue weighted by Gasteiger charge is -2.14. The molecule has 2 heterocycles. The molecule has 3 N–H and O–H groups in total. The number of benzene rings is 2. The summed E-state index contributed by atoms with van der Waals surface area (Å²) in [5.74, 6) is 0.994. The van der Waals surface area contributed by atoms with Gasteiger partial charge in [-0.1, -0.05) is 38.1 Å². The van der Waals surface area contributed by atoms with Crippen LogP contribution in [0, 0.1) is 17.2 Å². The number of hydrogen-bond donors (Lipinski definition) is 2. The van der Waals surface area contributed by atoms with E-state index in [1.807, 2.05) is 50.2 Å². The average Bonchev–Trinajstić information content (AvgIpc) is 3.15. The zero-order valence-corrected chi connectivity index (χ0v) is 20.8. The van der Waals surface area contributed by atoms with Crippen LogP contribution in [0.25, 0.3) is 16.9 Å². The summed E-state index contributed by atoms with van der Waals surface area (Å²) in [6.07, 6.45) is 2.89. The minimum absolute atomic E-state index is 0.0287. The largest absolute Gasteiger partial charge is 0.457 e. The Morgan fingerprint density at radius 3 is 2.43 bits per heavy atom. The Kier molecular flexibility index (Phi) is 7.34. The van der Waals surface area contributed by atoms with Crippen molar-refractivity contribution in [2.75, 3.05) is 5.73 Å². The van der Waals surface area contributed by atoms with Crippen LogP contribution in [0.5, 0.6) is 11.5 Å². The summed E-state index contributed by atoms with van der Waals surface area (Å²) in [5.41, 5.74) is 7.05. The molecule has 0 aliphatic rings. The van der Waals surface area contributed by atoms with E-state index in [-0.39, 0.29) is 23.9 Å². The van der Waals surface area contributed by atoms with Gasteiger partial charge in [-0.15, -0.1) is 0 Å². The second-order valence-electron chi connectivity index (χ2n) is 8.88. The van der Waals surface area contributed by atoms with E-state index in [4.69, 9.17) is 10.5 Å². The van der Waals surface area contributed by atoms with E-state index < -0.39 is 17.6 Å². The Hall–Kier alpha value is -4.91. The average molecular weight is 498 g/mol. The van der Waals surface area contributed by atoms with Crippen LogP contribution < -0.4 is 21.5 Å². The number of fused-ring (bicyclic) bond motifs is 1. The lowest BCUT2D eigenvalue weighted by Crippen LogP contribution is -2.39. The Balaban J connectivity index is 1.65. The Labute approximate surface area is 213 Å². The highest BCUT2D eigenvalue weighted by Gasteiger charge is 2.21. The van der Waals surface area contributed by atoms with E-state index in [1.165, 1.54) is 15.5 Å². The summed E-state index contributed by atoms with van der Waals surface area (Å²) in [6, 6.07) is 17.8. The molecular formula is C27H27N7O3. The second kappa shape index (κ2) is 10.8. The molecule has 1 atom stereocenters. The van der Waals surface area contributed by atoms with Gasteiger partial charge in [-0.3, -0.25) is 13.9 Å². The fraction of sp³-hybridized carbons (Fsp3) is 0.222. The fourth-order valence-electron chi connectivity index (χ4n) is 3.91. The van der Waals surface area contributed by atoms with Crippen molar-refractivity contribution < 1.29 is 9.53 Å². The Morgan fingerprint density at radius 1 is 1.11 bits per heavy atom. The number of hydrogen-bond acceptors (Lipinski definition) is 7. The molecule has 0 radical (unpaired) electrons. The zero-order valence-electron chi connectivity index (χ0n) is 20.8. The van der Waals surface area contributed by atoms with Crippen LogP contribution >= 0.6 is 0 Å². The number of nitrogens with one attached hydrogen (secondary N) is 1. The predicted octanol–water partition coefficient (Wildman–Crippen LogP) is 3.57. The highest BCUT2D eigenvalue weighted by Crippen LogP contribution is 2.25.